The summed E-state index contributed by atoms with van der Waals surface area (Å²) in [6.45, 7) is 7.75. The van der Waals surface area contributed by atoms with Gasteiger partial charge in [-0.05, 0) is 37.6 Å². The molecule has 1 aliphatic heterocycles. The van der Waals surface area contributed by atoms with Gasteiger partial charge >= 0.3 is 0 Å². The van der Waals surface area contributed by atoms with E-state index in [2.05, 4.69) is 29.2 Å². The SMILES string of the molecule is CCNC(=NCCn1cccn1)N1CC(C)OC(c2ccc(F)cc2)C1. The van der Waals surface area contributed by atoms with E-state index in [1.54, 1.807) is 18.3 Å². The number of halogens is 1. The molecule has 2 heterocycles. The van der Waals surface area contributed by atoms with E-state index >= 15 is 0 Å². The van der Waals surface area contributed by atoms with Crippen LogP contribution in [0.25, 0.3) is 0 Å². The zero-order chi connectivity index (χ0) is 18.4. The lowest BCUT2D eigenvalue weighted by Gasteiger charge is -2.38. The van der Waals surface area contributed by atoms with Gasteiger partial charge in [-0.25, -0.2) is 4.39 Å². The van der Waals surface area contributed by atoms with E-state index in [1.165, 1.54) is 12.1 Å². The van der Waals surface area contributed by atoms with Crippen molar-refractivity contribution >= 4 is 5.96 Å². The summed E-state index contributed by atoms with van der Waals surface area (Å²) in [7, 11) is 0. The van der Waals surface area contributed by atoms with Crippen LogP contribution in [0.5, 0.6) is 0 Å². The molecule has 140 valence electrons. The van der Waals surface area contributed by atoms with Crippen LogP contribution in [0.4, 0.5) is 4.39 Å². The quantitative estimate of drug-likeness (QED) is 0.658. The van der Waals surface area contributed by atoms with E-state index in [0.717, 1.165) is 31.2 Å². The van der Waals surface area contributed by atoms with Crippen LogP contribution in [0.3, 0.4) is 0 Å². The number of aromatic nitrogens is 2. The molecule has 2 unspecified atom stereocenters. The van der Waals surface area contributed by atoms with Crippen molar-refractivity contribution in [2.75, 3.05) is 26.2 Å². The average Bonchev–Trinajstić information content (AvgIpc) is 3.14. The van der Waals surface area contributed by atoms with Gasteiger partial charge in [-0.2, -0.15) is 5.10 Å². The summed E-state index contributed by atoms with van der Waals surface area (Å²) in [5.74, 6) is 0.643. The number of aliphatic imine (C=N–C) groups is 1. The minimum atomic E-state index is -0.233. The van der Waals surface area contributed by atoms with Crippen molar-refractivity contribution in [2.45, 2.75) is 32.6 Å². The Morgan fingerprint density at radius 2 is 2.15 bits per heavy atom. The number of rotatable bonds is 5. The van der Waals surface area contributed by atoms with Gasteiger partial charge in [0.1, 0.15) is 11.9 Å². The molecule has 1 saturated heterocycles. The molecule has 1 aliphatic rings. The van der Waals surface area contributed by atoms with Crippen molar-refractivity contribution in [3.05, 3.63) is 54.1 Å². The van der Waals surface area contributed by atoms with Crippen molar-refractivity contribution in [1.29, 1.82) is 0 Å². The number of ether oxygens (including phenoxy) is 1. The van der Waals surface area contributed by atoms with Gasteiger partial charge in [-0.1, -0.05) is 12.1 Å². The molecule has 0 bridgehead atoms. The van der Waals surface area contributed by atoms with Gasteiger partial charge in [0.2, 0.25) is 0 Å². The molecule has 3 rings (SSSR count). The van der Waals surface area contributed by atoms with Gasteiger partial charge in [0.05, 0.1) is 25.7 Å². The van der Waals surface area contributed by atoms with Crippen molar-refractivity contribution in [2.24, 2.45) is 4.99 Å². The molecule has 1 N–H and O–H groups in total. The Morgan fingerprint density at radius 1 is 1.35 bits per heavy atom. The first-order chi connectivity index (χ1) is 12.7. The van der Waals surface area contributed by atoms with Crippen molar-refractivity contribution in [1.82, 2.24) is 20.0 Å². The molecule has 0 saturated carbocycles. The lowest BCUT2D eigenvalue weighted by molar-refractivity contribution is -0.0605. The normalized spacial score (nSPS) is 21.0. The molecule has 1 fully saturated rings. The summed E-state index contributed by atoms with van der Waals surface area (Å²) >= 11 is 0. The minimum absolute atomic E-state index is 0.0637. The lowest BCUT2D eigenvalue weighted by atomic mass is 10.1. The number of nitrogens with zero attached hydrogens (tertiary/aromatic N) is 4. The molecule has 1 aromatic carbocycles. The first-order valence-electron chi connectivity index (χ1n) is 9.07. The van der Waals surface area contributed by atoms with Gasteiger partial charge in [-0.3, -0.25) is 9.67 Å². The Morgan fingerprint density at radius 3 is 2.85 bits per heavy atom. The lowest BCUT2D eigenvalue weighted by Crippen LogP contribution is -2.50. The van der Waals surface area contributed by atoms with Crippen LogP contribution in [0.1, 0.15) is 25.5 Å². The predicted octanol–water partition coefficient (Wildman–Crippen LogP) is 2.45. The smallest absolute Gasteiger partial charge is 0.194 e. The maximum Gasteiger partial charge on any atom is 0.194 e. The second-order valence-electron chi connectivity index (χ2n) is 6.40. The number of nitrogens with one attached hydrogen (secondary N) is 1. The fraction of sp³-hybridized carbons (Fsp3) is 0.474. The van der Waals surface area contributed by atoms with E-state index in [0.29, 0.717) is 13.1 Å². The van der Waals surface area contributed by atoms with E-state index in [1.807, 2.05) is 16.9 Å². The van der Waals surface area contributed by atoms with Gasteiger partial charge in [-0.15, -0.1) is 0 Å². The largest absolute Gasteiger partial charge is 0.367 e. The summed E-state index contributed by atoms with van der Waals surface area (Å²) < 4.78 is 21.1. The van der Waals surface area contributed by atoms with Gasteiger partial charge < -0.3 is 15.0 Å². The highest BCUT2D eigenvalue weighted by molar-refractivity contribution is 5.80. The summed E-state index contributed by atoms with van der Waals surface area (Å²) in [5, 5.41) is 7.57. The molecule has 2 aromatic rings. The molecule has 1 aromatic heterocycles. The summed E-state index contributed by atoms with van der Waals surface area (Å²) in [4.78, 5) is 6.96. The monoisotopic (exact) mass is 359 g/mol. The van der Waals surface area contributed by atoms with E-state index in [4.69, 9.17) is 9.73 Å². The summed E-state index contributed by atoms with van der Waals surface area (Å²) in [6, 6.07) is 8.44. The van der Waals surface area contributed by atoms with Crippen LogP contribution in [0, 0.1) is 5.82 Å². The van der Waals surface area contributed by atoms with Crippen LogP contribution in [-0.2, 0) is 11.3 Å². The summed E-state index contributed by atoms with van der Waals surface area (Å²) in [6.07, 6.45) is 3.67. The zero-order valence-electron chi connectivity index (χ0n) is 15.3. The third-order valence-electron chi connectivity index (χ3n) is 4.29. The van der Waals surface area contributed by atoms with Crippen molar-refractivity contribution in [3.63, 3.8) is 0 Å². The highest BCUT2D eigenvalue weighted by atomic mass is 19.1. The molecule has 0 aliphatic carbocycles. The predicted molar refractivity (Wildman–Crippen MR) is 99.5 cm³/mol. The summed E-state index contributed by atoms with van der Waals surface area (Å²) in [5.41, 5.74) is 0.982. The van der Waals surface area contributed by atoms with Crippen LogP contribution in [-0.4, -0.2) is 52.9 Å². The fourth-order valence-electron chi connectivity index (χ4n) is 3.10. The first-order valence-corrected chi connectivity index (χ1v) is 9.07. The Labute approximate surface area is 153 Å². The first kappa shape index (κ1) is 18.4. The maximum atomic E-state index is 13.2. The van der Waals surface area contributed by atoms with Crippen molar-refractivity contribution < 1.29 is 9.13 Å². The molecule has 7 heteroatoms. The van der Waals surface area contributed by atoms with Crippen molar-refractivity contribution in [3.8, 4) is 0 Å². The standard InChI is InChI=1S/C19H26FN5O/c1-3-21-19(22-10-12-25-11-4-9-23-25)24-13-15(2)26-18(14-24)16-5-7-17(20)8-6-16/h4-9,11,15,18H,3,10,12-14H2,1-2H3,(H,21,22). The number of guanidine groups is 1. The molecule has 0 radical (unpaired) electrons. The van der Waals surface area contributed by atoms with E-state index < -0.39 is 0 Å². The highest BCUT2D eigenvalue weighted by Crippen LogP contribution is 2.25. The topological polar surface area (TPSA) is 54.7 Å². The number of hydrogen-bond donors (Lipinski definition) is 1. The fourth-order valence-corrected chi connectivity index (χ4v) is 3.10. The Hall–Kier alpha value is -2.41. The second kappa shape index (κ2) is 8.80. The van der Waals surface area contributed by atoms with Crippen LogP contribution < -0.4 is 5.32 Å². The molecule has 0 amide bonds. The van der Waals surface area contributed by atoms with E-state index in [-0.39, 0.29) is 18.0 Å². The average molecular weight is 359 g/mol. The van der Waals surface area contributed by atoms with Crippen LogP contribution in [0.2, 0.25) is 0 Å². The van der Waals surface area contributed by atoms with Crippen LogP contribution in [0.15, 0.2) is 47.7 Å². The molecule has 2 atom stereocenters. The Kier molecular flexibility index (Phi) is 6.22. The number of hydrogen-bond acceptors (Lipinski definition) is 3. The maximum absolute atomic E-state index is 13.2. The second-order valence-corrected chi connectivity index (χ2v) is 6.40. The Bertz CT molecular complexity index is 701. The Balaban J connectivity index is 1.69. The minimum Gasteiger partial charge on any atom is -0.367 e. The van der Waals surface area contributed by atoms with E-state index in [9.17, 15) is 4.39 Å². The molecule has 6 nitrogen and oxygen atoms in total. The molecular weight excluding hydrogens is 333 g/mol. The molecule has 26 heavy (non-hydrogen) atoms. The number of morpholine rings is 1. The highest BCUT2D eigenvalue weighted by Gasteiger charge is 2.28. The third kappa shape index (κ3) is 4.82. The van der Waals surface area contributed by atoms with Gasteiger partial charge in [0.15, 0.2) is 5.96 Å². The van der Waals surface area contributed by atoms with Gasteiger partial charge in [0.25, 0.3) is 0 Å². The molecular formula is C19H26FN5O. The van der Waals surface area contributed by atoms with Gasteiger partial charge in [0, 0.05) is 25.5 Å². The molecule has 0 spiro atoms. The van der Waals surface area contributed by atoms with Crippen LogP contribution >= 0.6 is 0 Å². The third-order valence-corrected chi connectivity index (χ3v) is 4.29. The zero-order valence-corrected chi connectivity index (χ0v) is 15.3. The number of benzene rings is 1.